The minimum absolute atomic E-state index is 0.291. The number of nitrogens with one attached hydrogen (secondary N) is 3. The van der Waals surface area contributed by atoms with Crippen LogP contribution in [-0.2, 0) is 13.1 Å². The summed E-state index contributed by atoms with van der Waals surface area (Å²) in [6.07, 6.45) is 4.90. The zero-order chi connectivity index (χ0) is 30.2. The largest absolute Gasteiger partial charge is 0.383 e. The molecule has 4 aromatic rings. The third-order valence-electron chi connectivity index (χ3n) is 6.52. The van der Waals surface area contributed by atoms with Crippen molar-refractivity contribution >= 4 is 34.1 Å². The van der Waals surface area contributed by atoms with Crippen LogP contribution in [0.2, 0.25) is 5.02 Å². The molecule has 8 nitrogen and oxygen atoms in total. The number of hydrogen-bond acceptors (Lipinski definition) is 7. The monoisotopic (exact) mass is 584 g/mol. The van der Waals surface area contributed by atoms with Crippen LogP contribution in [0.25, 0.3) is 22.3 Å². The van der Waals surface area contributed by atoms with Crippen molar-refractivity contribution < 1.29 is 4.39 Å². The number of hydrogen-bond donors (Lipinski definition) is 4. The van der Waals surface area contributed by atoms with Crippen LogP contribution < -0.4 is 21.7 Å². The molecule has 41 heavy (non-hydrogen) atoms. The number of nitrogens with zero attached hydrogens (tertiary/aromatic N) is 4. The Balaban J connectivity index is 0.000000414. The minimum Gasteiger partial charge on any atom is -0.383 e. The summed E-state index contributed by atoms with van der Waals surface area (Å²) in [6.45, 7) is 14.0. The Kier molecular flexibility index (Phi) is 15.1. The molecule has 224 valence electrons. The van der Waals surface area contributed by atoms with Gasteiger partial charge in [-0.3, -0.25) is 0 Å². The maximum atomic E-state index is 13.9. The van der Waals surface area contributed by atoms with Gasteiger partial charge in [-0.2, -0.15) is 5.10 Å². The summed E-state index contributed by atoms with van der Waals surface area (Å²) in [5.74, 6) is 0.0776. The van der Waals surface area contributed by atoms with Gasteiger partial charge in [0.15, 0.2) is 5.65 Å². The standard InChI is InChI=1S/C21H20ClFN6.C7H17N.C3H9N/c1-2-10-29-21-18(20(24)26-12-27-21)19(28-29)13-6-8-14(9-7-13)25-11-15-16(22)4-3-5-17(15)23;1-4-7(5-2)8-6-3;1-3-4-2/h3-9,12,25H,2,10-11H2,1H3,(H2,24,26,27);7-8H,4-6H2,1-3H3;4H,3H2,1-2H3. The zero-order valence-corrected chi connectivity index (χ0v) is 26.0. The third kappa shape index (κ3) is 9.95. The van der Waals surface area contributed by atoms with E-state index >= 15 is 0 Å². The van der Waals surface area contributed by atoms with Crippen LogP contribution in [-0.4, -0.2) is 45.9 Å². The molecule has 2 aromatic carbocycles. The van der Waals surface area contributed by atoms with Gasteiger partial charge in [0.25, 0.3) is 0 Å². The molecule has 0 unspecified atom stereocenters. The summed E-state index contributed by atoms with van der Waals surface area (Å²) < 4.78 is 15.8. The van der Waals surface area contributed by atoms with Crippen molar-refractivity contribution in [2.45, 2.75) is 73.0 Å². The fraction of sp³-hybridized carbons (Fsp3) is 0.452. The zero-order valence-electron chi connectivity index (χ0n) is 25.3. The predicted octanol–water partition coefficient (Wildman–Crippen LogP) is 6.90. The number of anilines is 2. The molecule has 2 heterocycles. The molecule has 0 saturated carbocycles. The van der Waals surface area contributed by atoms with Gasteiger partial charge in [-0.05, 0) is 63.7 Å². The fourth-order valence-electron chi connectivity index (χ4n) is 4.10. The van der Waals surface area contributed by atoms with Crippen LogP contribution in [0.4, 0.5) is 15.9 Å². The smallest absolute Gasteiger partial charge is 0.163 e. The van der Waals surface area contributed by atoms with Crippen molar-refractivity contribution in [2.24, 2.45) is 0 Å². The van der Waals surface area contributed by atoms with Crippen molar-refractivity contribution in [1.29, 1.82) is 0 Å². The number of nitrogens with two attached hydrogens (primary N) is 1. The summed E-state index contributed by atoms with van der Waals surface area (Å²) >= 11 is 6.09. The molecule has 0 amide bonds. The highest BCUT2D eigenvalue weighted by atomic mass is 35.5. The highest BCUT2D eigenvalue weighted by molar-refractivity contribution is 6.31. The molecule has 0 radical (unpaired) electrons. The van der Waals surface area contributed by atoms with E-state index in [1.165, 1.54) is 25.2 Å². The van der Waals surface area contributed by atoms with E-state index in [9.17, 15) is 4.39 Å². The molecule has 5 N–H and O–H groups in total. The molecular formula is C31H46ClFN8. The number of aromatic nitrogens is 4. The van der Waals surface area contributed by atoms with Gasteiger partial charge in [-0.1, -0.05) is 64.4 Å². The second-order valence-electron chi connectivity index (χ2n) is 9.44. The van der Waals surface area contributed by atoms with Gasteiger partial charge in [-0.25, -0.2) is 19.0 Å². The first-order valence-corrected chi connectivity index (χ1v) is 14.8. The van der Waals surface area contributed by atoms with Crippen LogP contribution in [0.3, 0.4) is 0 Å². The van der Waals surface area contributed by atoms with Gasteiger partial charge >= 0.3 is 0 Å². The minimum atomic E-state index is -0.329. The SMILES string of the molecule is CCCn1nc(-c2ccc(NCc3c(F)cccc3Cl)cc2)c2c(N)ncnc21.CCNC.CCNC(CC)CC. The highest BCUT2D eigenvalue weighted by Crippen LogP contribution is 2.31. The fourth-order valence-corrected chi connectivity index (χ4v) is 4.33. The molecule has 0 fully saturated rings. The molecule has 0 bridgehead atoms. The summed E-state index contributed by atoms with van der Waals surface area (Å²) in [6, 6.07) is 13.1. The van der Waals surface area contributed by atoms with Gasteiger partial charge in [0.1, 0.15) is 23.7 Å². The Morgan fingerprint density at radius 1 is 0.976 bits per heavy atom. The molecule has 0 aliphatic heterocycles. The van der Waals surface area contributed by atoms with Crippen LogP contribution >= 0.6 is 11.6 Å². The molecule has 4 rings (SSSR count). The first-order chi connectivity index (χ1) is 19.8. The van der Waals surface area contributed by atoms with Crippen molar-refractivity contribution in [2.75, 3.05) is 31.2 Å². The van der Waals surface area contributed by atoms with Gasteiger partial charge < -0.3 is 21.7 Å². The summed E-state index contributed by atoms with van der Waals surface area (Å²) in [5.41, 5.74) is 9.77. The number of halogens is 2. The van der Waals surface area contributed by atoms with Crippen LogP contribution in [0.5, 0.6) is 0 Å². The van der Waals surface area contributed by atoms with Crippen LogP contribution in [0, 0.1) is 5.82 Å². The lowest BCUT2D eigenvalue weighted by molar-refractivity contribution is 0.499. The second kappa shape index (κ2) is 18.2. The van der Waals surface area contributed by atoms with Crippen molar-refractivity contribution in [3.05, 3.63) is 65.2 Å². The summed E-state index contributed by atoms with van der Waals surface area (Å²) in [5, 5.41) is 15.4. The topological polar surface area (TPSA) is 106 Å². The lowest BCUT2D eigenvalue weighted by Gasteiger charge is -2.11. The van der Waals surface area contributed by atoms with E-state index in [1.54, 1.807) is 12.1 Å². The lowest BCUT2D eigenvalue weighted by atomic mass is 10.1. The van der Waals surface area contributed by atoms with Gasteiger partial charge in [-0.15, -0.1) is 0 Å². The first-order valence-electron chi connectivity index (χ1n) is 14.5. The number of rotatable bonds is 11. The first kappa shape index (κ1) is 33.9. The van der Waals surface area contributed by atoms with E-state index < -0.39 is 0 Å². The van der Waals surface area contributed by atoms with Crippen LogP contribution in [0.15, 0.2) is 48.8 Å². The lowest BCUT2D eigenvalue weighted by Crippen LogP contribution is -2.26. The summed E-state index contributed by atoms with van der Waals surface area (Å²) in [7, 11) is 1.93. The number of nitrogen functional groups attached to an aromatic ring is 1. The molecule has 10 heteroatoms. The molecule has 0 atom stereocenters. The summed E-state index contributed by atoms with van der Waals surface area (Å²) in [4.78, 5) is 8.47. The Bertz CT molecular complexity index is 1280. The van der Waals surface area contributed by atoms with E-state index in [0.717, 1.165) is 60.1 Å². The van der Waals surface area contributed by atoms with E-state index in [-0.39, 0.29) is 5.82 Å². The van der Waals surface area contributed by atoms with Gasteiger partial charge in [0, 0.05) is 41.0 Å². The van der Waals surface area contributed by atoms with Gasteiger partial charge in [0.05, 0.1) is 5.39 Å². The van der Waals surface area contributed by atoms with E-state index in [1.807, 2.05) is 36.0 Å². The quantitative estimate of drug-likeness (QED) is 0.152. The van der Waals surface area contributed by atoms with E-state index in [0.29, 0.717) is 22.9 Å². The van der Waals surface area contributed by atoms with Crippen LogP contribution in [0.1, 0.15) is 59.4 Å². The Morgan fingerprint density at radius 2 is 1.66 bits per heavy atom. The van der Waals surface area contributed by atoms with E-state index in [4.69, 9.17) is 22.4 Å². The normalized spacial score (nSPS) is 10.7. The average molecular weight is 585 g/mol. The number of fused-ring (bicyclic) bond motifs is 1. The predicted molar refractivity (Wildman–Crippen MR) is 172 cm³/mol. The number of aryl methyl sites for hydroxylation is 1. The molecular weight excluding hydrogens is 539 g/mol. The third-order valence-corrected chi connectivity index (χ3v) is 6.87. The Morgan fingerprint density at radius 3 is 2.20 bits per heavy atom. The maximum Gasteiger partial charge on any atom is 0.163 e. The Labute approximate surface area is 249 Å². The van der Waals surface area contributed by atoms with Crippen molar-refractivity contribution in [1.82, 2.24) is 30.4 Å². The molecule has 0 saturated heterocycles. The molecule has 0 aliphatic rings. The molecule has 0 aliphatic carbocycles. The van der Waals surface area contributed by atoms with Crippen molar-refractivity contribution in [3.8, 4) is 11.3 Å². The second-order valence-corrected chi connectivity index (χ2v) is 9.85. The molecule has 2 aromatic heterocycles. The average Bonchev–Trinajstić information content (AvgIpc) is 3.36. The van der Waals surface area contributed by atoms with Gasteiger partial charge in [0.2, 0.25) is 0 Å². The van der Waals surface area contributed by atoms with E-state index in [2.05, 4.69) is 60.5 Å². The number of benzene rings is 2. The Hall–Kier alpha value is -3.27. The molecule has 0 spiro atoms. The highest BCUT2D eigenvalue weighted by Gasteiger charge is 2.16. The maximum absolute atomic E-state index is 13.9. The van der Waals surface area contributed by atoms with Crippen molar-refractivity contribution in [3.63, 3.8) is 0 Å².